The maximum atomic E-state index is 12.8. The predicted molar refractivity (Wildman–Crippen MR) is 94.7 cm³/mol. The fourth-order valence-corrected chi connectivity index (χ4v) is 3.40. The minimum absolute atomic E-state index is 0.0558. The van der Waals surface area contributed by atoms with Gasteiger partial charge in [-0.25, -0.2) is 4.98 Å². The lowest BCUT2D eigenvalue weighted by Gasteiger charge is -2.36. The highest BCUT2D eigenvalue weighted by atomic mass is 32.1. The van der Waals surface area contributed by atoms with Gasteiger partial charge in [-0.1, -0.05) is 17.3 Å². The summed E-state index contributed by atoms with van der Waals surface area (Å²) in [7, 11) is 0. The molecule has 146 valence electrons. The summed E-state index contributed by atoms with van der Waals surface area (Å²) in [5, 5.41) is 8.81. The van der Waals surface area contributed by atoms with Gasteiger partial charge in [0.2, 0.25) is 17.6 Å². The number of anilines is 1. The summed E-state index contributed by atoms with van der Waals surface area (Å²) in [6.45, 7) is 1.32. The van der Waals surface area contributed by atoms with Gasteiger partial charge in [-0.3, -0.25) is 9.69 Å². The number of thiazole rings is 1. The first kappa shape index (κ1) is 18.6. The van der Waals surface area contributed by atoms with Crippen molar-refractivity contribution < 1.29 is 22.5 Å². The number of hydrogen-bond donors (Lipinski definition) is 1. The Labute approximate surface area is 161 Å². The van der Waals surface area contributed by atoms with E-state index in [1.807, 2.05) is 4.90 Å². The quantitative estimate of drug-likeness (QED) is 0.697. The lowest BCUT2D eigenvalue weighted by atomic mass is 10.0. The van der Waals surface area contributed by atoms with Gasteiger partial charge >= 0.3 is 6.18 Å². The summed E-state index contributed by atoms with van der Waals surface area (Å²) in [5.41, 5.74) is -0.527. The van der Waals surface area contributed by atoms with Crippen LogP contribution in [0.3, 0.4) is 0 Å². The first-order valence-corrected chi connectivity index (χ1v) is 9.19. The highest BCUT2D eigenvalue weighted by molar-refractivity contribution is 7.13. The predicted octanol–water partition coefficient (Wildman–Crippen LogP) is 3.25. The summed E-state index contributed by atoms with van der Waals surface area (Å²) in [5.74, 6) is 0.244. The number of likely N-dealkylation sites (tertiary alicyclic amines) is 1. The van der Waals surface area contributed by atoms with Crippen molar-refractivity contribution in [3.63, 3.8) is 0 Å². The zero-order valence-corrected chi connectivity index (χ0v) is 15.1. The van der Waals surface area contributed by atoms with Crippen LogP contribution in [0, 0.1) is 0 Å². The molecule has 0 bridgehead atoms. The Balaban J connectivity index is 1.34. The normalized spacial score (nSPS) is 15.4. The molecular formula is C17H14F3N5O2S. The first-order valence-electron chi connectivity index (χ1n) is 8.31. The molecule has 1 saturated heterocycles. The summed E-state index contributed by atoms with van der Waals surface area (Å²) in [4.78, 5) is 22.0. The van der Waals surface area contributed by atoms with Gasteiger partial charge in [-0.15, -0.1) is 11.3 Å². The minimum Gasteiger partial charge on any atom is -0.339 e. The summed E-state index contributed by atoms with van der Waals surface area (Å²) in [6.07, 6.45) is -2.83. The van der Waals surface area contributed by atoms with Crippen molar-refractivity contribution in [3.05, 3.63) is 47.3 Å². The Kier molecular flexibility index (Phi) is 4.85. The Hall–Kier alpha value is -2.79. The van der Waals surface area contributed by atoms with Gasteiger partial charge in [-0.2, -0.15) is 18.2 Å². The molecule has 1 amide bonds. The van der Waals surface area contributed by atoms with Crippen LogP contribution in [-0.2, 0) is 11.0 Å². The van der Waals surface area contributed by atoms with Crippen LogP contribution in [0.15, 0.2) is 40.4 Å². The molecule has 0 atom stereocenters. The van der Waals surface area contributed by atoms with Crippen LogP contribution in [0.2, 0.25) is 0 Å². The van der Waals surface area contributed by atoms with E-state index in [9.17, 15) is 18.0 Å². The number of halogens is 3. The number of hydrogen-bond acceptors (Lipinski definition) is 7. The van der Waals surface area contributed by atoms with Crippen molar-refractivity contribution in [2.24, 2.45) is 0 Å². The van der Waals surface area contributed by atoms with Crippen molar-refractivity contribution in [1.82, 2.24) is 20.0 Å². The number of alkyl halides is 3. The Morgan fingerprint density at radius 1 is 1.36 bits per heavy atom. The maximum Gasteiger partial charge on any atom is 0.416 e. The van der Waals surface area contributed by atoms with Gasteiger partial charge in [0.15, 0.2) is 5.13 Å². The van der Waals surface area contributed by atoms with Crippen molar-refractivity contribution in [2.45, 2.75) is 12.1 Å². The third-order valence-electron chi connectivity index (χ3n) is 4.24. The molecule has 3 heterocycles. The van der Waals surface area contributed by atoms with E-state index >= 15 is 0 Å². The summed E-state index contributed by atoms with van der Waals surface area (Å²) < 4.78 is 43.7. The molecule has 2 aromatic heterocycles. The molecule has 0 spiro atoms. The van der Waals surface area contributed by atoms with Crippen molar-refractivity contribution in [2.75, 3.05) is 25.0 Å². The van der Waals surface area contributed by atoms with E-state index in [4.69, 9.17) is 4.52 Å². The third kappa shape index (κ3) is 4.04. The van der Waals surface area contributed by atoms with Crippen LogP contribution in [0.25, 0.3) is 11.4 Å². The molecule has 0 aliphatic carbocycles. The average molecular weight is 409 g/mol. The molecule has 3 aromatic rings. The molecule has 0 radical (unpaired) electrons. The van der Waals surface area contributed by atoms with Gasteiger partial charge in [0.1, 0.15) is 0 Å². The van der Waals surface area contributed by atoms with E-state index in [1.54, 1.807) is 11.6 Å². The lowest BCUT2D eigenvalue weighted by molar-refractivity contribution is -0.137. The van der Waals surface area contributed by atoms with E-state index < -0.39 is 11.7 Å². The molecule has 4 rings (SSSR count). The molecule has 1 aliphatic rings. The molecule has 1 N–H and O–H groups in total. The summed E-state index contributed by atoms with van der Waals surface area (Å²) >= 11 is 1.34. The number of nitrogens with zero attached hydrogens (tertiary/aromatic N) is 4. The third-order valence-corrected chi connectivity index (χ3v) is 4.93. The van der Waals surface area contributed by atoms with Gasteiger partial charge in [0, 0.05) is 30.2 Å². The summed E-state index contributed by atoms with van der Waals surface area (Å²) in [6, 6.07) is 4.79. The number of amides is 1. The molecule has 28 heavy (non-hydrogen) atoms. The van der Waals surface area contributed by atoms with E-state index in [1.165, 1.54) is 23.5 Å². The molecule has 11 heteroatoms. The van der Waals surface area contributed by atoms with Crippen LogP contribution >= 0.6 is 11.3 Å². The van der Waals surface area contributed by atoms with Crippen LogP contribution in [0.4, 0.5) is 18.3 Å². The van der Waals surface area contributed by atoms with Crippen molar-refractivity contribution in [3.8, 4) is 11.4 Å². The Morgan fingerprint density at radius 3 is 2.89 bits per heavy atom. The lowest BCUT2D eigenvalue weighted by Crippen LogP contribution is -2.48. The van der Waals surface area contributed by atoms with Crippen LogP contribution in [0.5, 0.6) is 0 Å². The first-order chi connectivity index (χ1) is 13.4. The van der Waals surface area contributed by atoms with E-state index in [2.05, 4.69) is 20.4 Å². The second-order valence-electron chi connectivity index (χ2n) is 6.31. The number of aromatic nitrogens is 3. The van der Waals surface area contributed by atoms with Gasteiger partial charge < -0.3 is 9.84 Å². The maximum absolute atomic E-state index is 12.8. The average Bonchev–Trinajstić information content (AvgIpc) is 3.29. The highest BCUT2D eigenvalue weighted by Gasteiger charge is 2.34. The van der Waals surface area contributed by atoms with Gasteiger partial charge in [0.05, 0.1) is 18.0 Å². The number of rotatable bonds is 5. The molecule has 0 saturated carbocycles. The standard InChI is InChI=1S/C17H14F3N5O2S/c18-17(19,20)12-3-1-2-10(6-12)14-23-15(27-24-14)11-7-25(8-11)9-13(26)22-16-21-4-5-28-16/h1-6,11H,7-9H2,(H,21,22,26). The molecule has 7 nitrogen and oxygen atoms in total. The van der Waals surface area contributed by atoms with Crippen molar-refractivity contribution in [1.29, 1.82) is 0 Å². The van der Waals surface area contributed by atoms with E-state index in [0.717, 1.165) is 12.1 Å². The number of benzene rings is 1. The fourth-order valence-electron chi connectivity index (χ4n) is 2.86. The van der Waals surface area contributed by atoms with E-state index in [-0.39, 0.29) is 29.8 Å². The van der Waals surface area contributed by atoms with Crippen LogP contribution in [0.1, 0.15) is 17.4 Å². The van der Waals surface area contributed by atoms with E-state index in [0.29, 0.717) is 24.1 Å². The second-order valence-corrected chi connectivity index (χ2v) is 7.21. The monoisotopic (exact) mass is 409 g/mol. The largest absolute Gasteiger partial charge is 0.416 e. The van der Waals surface area contributed by atoms with Gasteiger partial charge in [-0.05, 0) is 12.1 Å². The molecule has 1 aliphatic heterocycles. The van der Waals surface area contributed by atoms with Gasteiger partial charge in [0.25, 0.3) is 0 Å². The minimum atomic E-state index is -4.43. The second kappa shape index (κ2) is 7.32. The van der Waals surface area contributed by atoms with Crippen LogP contribution in [-0.4, -0.2) is 45.6 Å². The SMILES string of the molecule is O=C(CN1CC(c2nc(-c3cccc(C(F)(F)F)c3)no2)C1)Nc1nccs1. The smallest absolute Gasteiger partial charge is 0.339 e. The fraction of sp³-hybridized carbons (Fsp3) is 0.294. The molecular weight excluding hydrogens is 395 g/mol. The zero-order valence-electron chi connectivity index (χ0n) is 14.3. The Morgan fingerprint density at radius 2 is 2.18 bits per heavy atom. The Bertz CT molecular complexity index is 967. The van der Waals surface area contributed by atoms with Crippen molar-refractivity contribution >= 4 is 22.4 Å². The molecule has 1 aromatic carbocycles. The molecule has 0 unspecified atom stereocenters. The zero-order chi connectivity index (χ0) is 19.7. The van der Waals surface area contributed by atoms with Crippen LogP contribution < -0.4 is 5.32 Å². The number of nitrogens with one attached hydrogen (secondary N) is 1. The number of carbonyl (C=O) groups excluding carboxylic acids is 1. The molecule has 1 fully saturated rings. The topological polar surface area (TPSA) is 84.2 Å². The number of carbonyl (C=O) groups is 1. The highest BCUT2D eigenvalue weighted by Crippen LogP contribution is 2.32.